The van der Waals surface area contributed by atoms with E-state index in [1.807, 2.05) is 0 Å². The molecule has 2 rings (SSSR count). The van der Waals surface area contributed by atoms with E-state index in [0.29, 0.717) is 13.1 Å². The van der Waals surface area contributed by atoms with Gasteiger partial charge in [0.1, 0.15) is 5.75 Å². The highest BCUT2D eigenvalue weighted by Crippen LogP contribution is 2.25. The van der Waals surface area contributed by atoms with Gasteiger partial charge >= 0.3 is 6.09 Å². The lowest BCUT2D eigenvalue weighted by Crippen LogP contribution is -2.33. The van der Waals surface area contributed by atoms with E-state index in [0.717, 1.165) is 12.3 Å². The summed E-state index contributed by atoms with van der Waals surface area (Å²) >= 11 is 0. The molecule has 1 fully saturated rings. The van der Waals surface area contributed by atoms with Crippen molar-refractivity contribution in [1.82, 2.24) is 15.5 Å². The minimum Gasteiger partial charge on any atom is -0.496 e. The van der Waals surface area contributed by atoms with Crippen LogP contribution in [-0.2, 0) is 11.3 Å². The average molecular weight is 349 g/mol. The third-order valence-electron chi connectivity index (χ3n) is 4.68. The van der Waals surface area contributed by atoms with Crippen molar-refractivity contribution < 1.29 is 14.3 Å². The molecule has 0 aliphatic carbocycles. The first kappa shape index (κ1) is 19.5. The fourth-order valence-electron chi connectivity index (χ4n) is 3.19. The number of likely N-dealkylation sites (tertiary alicyclic amines) is 1. The van der Waals surface area contributed by atoms with Crippen LogP contribution in [0.15, 0.2) is 18.2 Å². The highest BCUT2D eigenvalue weighted by atomic mass is 16.5. The maximum atomic E-state index is 11.1. The molecule has 6 heteroatoms. The van der Waals surface area contributed by atoms with E-state index in [-0.39, 0.29) is 6.04 Å². The predicted molar refractivity (Wildman–Crippen MR) is 98.9 cm³/mol. The van der Waals surface area contributed by atoms with Crippen LogP contribution in [0.25, 0.3) is 0 Å². The summed E-state index contributed by atoms with van der Waals surface area (Å²) in [6.07, 6.45) is 3.51. The summed E-state index contributed by atoms with van der Waals surface area (Å²) in [6, 6.07) is 6.59. The third-order valence-corrected chi connectivity index (χ3v) is 4.68. The Kier molecular flexibility index (Phi) is 8.01. The minimum atomic E-state index is -0.400. The number of ether oxygens (including phenoxy) is 2. The van der Waals surface area contributed by atoms with Gasteiger partial charge in [-0.25, -0.2) is 4.79 Å². The molecule has 25 heavy (non-hydrogen) atoms. The second-order valence-corrected chi connectivity index (χ2v) is 6.50. The Morgan fingerprint density at radius 3 is 2.64 bits per heavy atom. The summed E-state index contributed by atoms with van der Waals surface area (Å²) in [5, 5.41) is 6.09. The fourth-order valence-corrected chi connectivity index (χ4v) is 3.19. The van der Waals surface area contributed by atoms with Gasteiger partial charge in [0.2, 0.25) is 0 Å². The average Bonchev–Trinajstić information content (AvgIpc) is 2.65. The Bertz CT molecular complexity index is 545. The molecular weight excluding hydrogens is 318 g/mol. The highest BCUT2D eigenvalue weighted by molar-refractivity contribution is 5.66. The van der Waals surface area contributed by atoms with Gasteiger partial charge < -0.3 is 20.1 Å². The van der Waals surface area contributed by atoms with E-state index in [4.69, 9.17) is 4.74 Å². The number of nitrogens with one attached hydrogen (secondary N) is 2. The van der Waals surface area contributed by atoms with Gasteiger partial charge in [-0.05, 0) is 50.6 Å². The van der Waals surface area contributed by atoms with Gasteiger partial charge in [0.25, 0.3) is 0 Å². The van der Waals surface area contributed by atoms with Crippen molar-refractivity contribution in [2.45, 2.75) is 38.8 Å². The van der Waals surface area contributed by atoms with E-state index in [2.05, 4.69) is 45.4 Å². The van der Waals surface area contributed by atoms with E-state index >= 15 is 0 Å². The van der Waals surface area contributed by atoms with Crippen LogP contribution in [0, 0.1) is 0 Å². The molecule has 1 aliphatic rings. The van der Waals surface area contributed by atoms with Crippen LogP contribution in [0.3, 0.4) is 0 Å². The Labute approximate surface area is 150 Å². The lowest BCUT2D eigenvalue weighted by atomic mass is 10.0. The normalized spacial score (nSPS) is 16.3. The maximum Gasteiger partial charge on any atom is 0.406 e. The molecule has 1 atom stereocenters. The van der Waals surface area contributed by atoms with Crippen molar-refractivity contribution in [3.8, 4) is 5.75 Å². The molecular formula is C19H31N3O3. The number of benzene rings is 1. The van der Waals surface area contributed by atoms with Crippen molar-refractivity contribution in [2.24, 2.45) is 0 Å². The second-order valence-electron chi connectivity index (χ2n) is 6.50. The summed E-state index contributed by atoms with van der Waals surface area (Å²) in [6.45, 7) is 6.62. The van der Waals surface area contributed by atoms with Gasteiger partial charge in [-0.3, -0.25) is 4.90 Å². The summed E-state index contributed by atoms with van der Waals surface area (Å²) in [4.78, 5) is 13.6. The molecule has 0 bridgehead atoms. The smallest absolute Gasteiger partial charge is 0.406 e. The molecule has 1 aliphatic heterocycles. The molecule has 0 radical (unpaired) electrons. The number of nitrogens with zero attached hydrogens (tertiary/aromatic N) is 1. The van der Waals surface area contributed by atoms with Gasteiger partial charge in [-0.1, -0.05) is 12.5 Å². The summed E-state index contributed by atoms with van der Waals surface area (Å²) in [5.41, 5.74) is 2.47. The van der Waals surface area contributed by atoms with E-state index in [1.165, 1.54) is 50.6 Å². The molecule has 1 saturated heterocycles. The van der Waals surface area contributed by atoms with Crippen LogP contribution in [0.2, 0.25) is 0 Å². The van der Waals surface area contributed by atoms with Gasteiger partial charge in [0, 0.05) is 31.2 Å². The van der Waals surface area contributed by atoms with Gasteiger partial charge in [0.05, 0.1) is 14.2 Å². The van der Waals surface area contributed by atoms with Crippen LogP contribution in [0.4, 0.5) is 4.79 Å². The largest absolute Gasteiger partial charge is 0.496 e. The summed E-state index contributed by atoms with van der Waals surface area (Å²) < 4.78 is 10.1. The van der Waals surface area contributed by atoms with Crippen molar-refractivity contribution in [3.05, 3.63) is 29.3 Å². The van der Waals surface area contributed by atoms with Crippen LogP contribution in [0.1, 0.15) is 43.4 Å². The molecule has 1 aromatic carbocycles. The van der Waals surface area contributed by atoms with Gasteiger partial charge in [0.15, 0.2) is 0 Å². The molecule has 2 N–H and O–H groups in total. The number of amides is 1. The van der Waals surface area contributed by atoms with Crippen LogP contribution in [0.5, 0.6) is 5.75 Å². The number of alkyl carbamates (subject to hydrolysis) is 1. The summed E-state index contributed by atoms with van der Waals surface area (Å²) in [7, 11) is 3.10. The van der Waals surface area contributed by atoms with Crippen LogP contribution >= 0.6 is 0 Å². The molecule has 0 spiro atoms. The number of piperidine rings is 1. The Morgan fingerprint density at radius 1 is 1.20 bits per heavy atom. The first-order valence-corrected chi connectivity index (χ1v) is 9.08. The van der Waals surface area contributed by atoms with Crippen LogP contribution < -0.4 is 15.4 Å². The van der Waals surface area contributed by atoms with E-state index in [1.54, 1.807) is 7.11 Å². The zero-order valence-corrected chi connectivity index (χ0v) is 15.6. The summed E-state index contributed by atoms with van der Waals surface area (Å²) in [5.74, 6) is 0.953. The van der Waals surface area contributed by atoms with Crippen molar-refractivity contribution in [2.75, 3.05) is 40.4 Å². The zero-order valence-electron chi connectivity index (χ0n) is 15.6. The number of rotatable bonds is 8. The first-order chi connectivity index (χ1) is 12.1. The second kappa shape index (κ2) is 10.3. The molecule has 1 heterocycles. The predicted octanol–water partition coefficient (Wildman–Crippen LogP) is 2.69. The molecule has 1 unspecified atom stereocenters. The van der Waals surface area contributed by atoms with Crippen LogP contribution in [-0.4, -0.2) is 51.4 Å². The Balaban J connectivity index is 1.93. The van der Waals surface area contributed by atoms with Crippen molar-refractivity contribution in [1.29, 1.82) is 0 Å². The minimum absolute atomic E-state index is 0.199. The number of hydrogen-bond donors (Lipinski definition) is 2. The molecule has 1 aromatic rings. The topological polar surface area (TPSA) is 62.8 Å². The quantitative estimate of drug-likeness (QED) is 0.707. The van der Waals surface area contributed by atoms with Crippen molar-refractivity contribution in [3.63, 3.8) is 0 Å². The Morgan fingerprint density at radius 2 is 1.96 bits per heavy atom. The van der Waals surface area contributed by atoms with Crippen molar-refractivity contribution >= 4 is 6.09 Å². The number of hydrogen-bond acceptors (Lipinski definition) is 5. The van der Waals surface area contributed by atoms with Gasteiger partial charge in [-0.2, -0.15) is 0 Å². The fraction of sp³-hybridized carbons (Fsp3) is 0.632. The van der Waals surface area contributed by atoms with Gasteiger partial charge in [-0.15, -0.1) is 0 Å². The molecule has 1 amide bonds. The number of methoxy groups -OCH3 is 2. The lowest BCUT2D eigenvalue weighted by Gasteiger charge is -2.27. The first-order valence-electron chi connectivity index (χ1n) is 9.08. The molecule has 0 aromatic heterocycles. The maximum absolute atomic E-state index is 11.1. The number of carbonyl (C=O) groups is 1. The third kappa shape index (κ3) is 6.21. The standard InChI is InChI=1S/C19H31N3O3/c1-15(20-9-10-21-19(23)25-3)16-7-8-18(24-2)17(13-16)14-22-11-5-4-6-12-22/h7-8,13,15,20H,4-6,9-12,14H2,1-3H3,(H,21,23). The molecule has 6 nitrogen and oxygen atoms in total. The zero-order chi connectivity index (χ0) is 18.1. The molecule has 140 valence electrons. The monoisotopic (exact) mass is 349 g/mol. The highest BCUT2D eigenvalue weighted by Gasteiger charge is 2.15. The Hall–Kier alpha value is -1.79. The lowest BCUT2D eigenvalue weighted by molar-refractivity contribution is 0.171. The number of carbonyl (C=O) groups excluding carboxylic acids is 1. The van der Waals surface area contributed by atoms with E-state index in [9.17, 15) is 4.79 Å². The molecule has 0 saturated carbocycles. The SMILES string of the molecule is COC(=O)NCCNC(C)c1ccc(OC)c(CN2CCCCC2)c1. The van der Waals surface area contributed by atoms with E-state index < -0.39 is 6.09 Å².